The molecule has 1 aromatic carbocycles. The molecule has 3 rings (SSSR count). The number of ether oxygens (including phenoxy) is 1. The number of carboxylic acids is 1. The quantitative estimate of drug-likeness (QED) is 0.464. The number of aliphatic carboxylic acids is 1. The largest absolute Gasteiger partial charge is 0.483 e. The smallest absolute Gasteiger partial charge is 0.304 e. The summed E-state index contributed by atoms with van der Waals surface area (Å²) in [5.74, 6) is -1.57. The van der Waals surface area contributed by atoms with Crippen LogP contribution in [0.2, 0.25) is 0 Å². The number of pyridine rings is 1. The molecule has 0 aliphatic carbocycles. The van der Waals surface area contributed by atoms with Crippen molar-refractivity contribution in [2.75, 3.05) is 0 Å². The lowest BCUT2D eigenvalue weighted by atomic mass is 10.1. The monoisotopic (exact) mass is 439 g/mol. The van der Waals surface area contributed by atoms with Gasteiger partial charge in [-0.1, -0.05) is 0 Å². The molecule has 3 aromatic rings. The molecule has 0 radical (unpaired) electrons. The van der Waals surface area contributed by atoms with Crippen molar-refractivity contribution >= 4 is 12.4 Å². The van der Waals surface area contributed by atoms with Crippen molar-refractivity contribution in [2.24, 2.45) is 5.73 Å². The Kier molecular flexibility index (Phi) is 8.70. The van der Waals surface area contributed by atoms with E-state index in [1.807, 2.05) is 0 Å². The molecule has 0 saturated heterocycles. The minimum absolute atomic E-state index is 0.103. The number of hydrogen-bond acceptors (Lipinski definition) is 8. The van der Waals surface area contributed by atoms with Gasteiger partial charge in [-0.2, -0.15) is 5.26 Å². The first kappa shape index (κ1) is 23.8. The molecule has 4 N–H and O–H groups in total. The first-order chi connectivity index (χ1) is 15.4. The van der Waals surface area contributed by atoms with E-state index in [0.717, 1.165) is 11.6 Å². The van der Waals surface area contributed by atoms with Gasteiger partial charge in [-0.25, -0.2) is 14.4 Å². The van der Waals surface area contributed by atoms with Crippen LogP contribution in [0.25, 0.3) is 11.3 Å². The van der Waals surface area contributed by atoms with Gasteiger partial charge in [0.15, 0.2) is 5.82 Å². The van der Waals surface area contributed by atoms with Crippen molar-refractivity contribution in [1.82, 2.24) is 15.0 Å². The number of nitrogens with zero attached hydrogens (tertiary/aromatic N) is 4. The second-order valence-corrected chi connectivity index (χ2v) is 6.31. The minimum Gasteiger partial charge on any atom is -0.483 e. The number of aromatic nitrogens is 3. The molecule has 0 amide bonds. The third kappa shape index (κ3) is 7.12. The number of benzene rings is 1. The van der Waals surface area contributed by atoms with E-state index in [0.29, 0.717) is 17.1 Å². The molecule has 164 valence electrons. The summed E-state index contributed by atoms with van der Waals surface area (Å²) in [6, 6.07) is 8.99. The van der Waals surface area contributed by atoms with Crippen LogP contribution in [0, 0.1) is 17.1 Å². The Hall–Kier alpha value is -4.43. The van der Waals surface area contributed by atoms with Gasteiger partial charge < -0.3 is 20.7 Å². The van der Waals surface area contributed by atoms with Gasteiger partial charge in [0.05, 0.1) is 29.6 Å². The topological polar surface area (TPSA) is 172 Å². The maximum Gasteiger partial charge on any atom is 0.304 e. The van der Waals surface area contributed by atoms with E-state index in [1.165, 1.54) is 6.20 Å². The Morgan fingerprint density at radius 3 is 2.56 bits per heavy atom. The molecule has 0 spiro atoms. The van der Waals surface area contributed by atoms with Crippen molar-refractivity contribution in [3.05, 3.63) is 66.0 Å². The number of carbonyl (C=O) groups is 2. The Bertz CT molecular complexity index is 1120. The van der Waals surface area contributed by atoms with E-state index in [2.05, 4.69) is 15.0 Å². The summed E-state index contributed by atoms with van der Waals surface area (Å²) < 4.78 is 19.3. The Labute approximate surface area is 181 Å². The first-order valence-corrected chi connectivity index (χ1v) is 9.06. The van der Waals surface area contributed by atoms with Gasteiger partial charge in [0, 0.05) is 30.4 Å². The molecular weight excluding hydrogens is 421 g/mol. The van der Waals surface area contributed by atoms with Crippen LogP contribution in [0.5, 0.6) is 11.6 Å². The summed E-state index contributed by atoms with van der Waals surface area (Å²) in [6.07, 6.45) is 4.48. The van der Waals surface area contributed by atoms with Crippen molar-refractivity contribution in [3.63, 3.8) is 0 Å². The fourth-order valence-corrected chi connectivity index (χ4v) is 2.58. The van der Waals surface area contributed by atoms with Crippen LogP contribution in [0.1, 0.15) is 17.7 Å². The summed E-state index contributed by atoms with van der Waals surface area (Å²) >= 11 is 0. The van der Waals surface area contributed by atoms with E-state index in [1.54, 1.807) is 42.7 Å². The van der Waals surface area contributed by atoms with Crippen LogP contribution < -0.4 is 10.5 Å². The van der Waals surface area contributed by atoms with Crippen LogP contribution in [0.3, 0.4) is 0 Å². The number of carboxylic acid groups (broad SMARTS) is 2. The van der Waals surface area contributed by atoms with Crippen molar-refractivity contribution < 1.29 is 28.9 Å². The van der Waals surface area contributed by atoms with Crippen molar-refractivity contribution in [1.29, 1.82) is 5.26 Å². The van der Waals surface area contributed by atoms with E-state index in [4.69, 9.17) is 30.7 Å². The van der Waals surface area contributed by atoms with Crippen LogP contribution in [0.15, 0.2) is 48.9 Å². The van der Waals surface area contributed by atoms with E-state index >= 15 is 0 Å². The zero-order valence-corrected chi connectivity index (χ0v) is 16.6. The van der Waals surface area contributed by atoms with E-state index in [-0.39, 0.29) is 30.8 Å². The zero-order chi connectivity index (χ0) is 23.5. The van der Waals surface area contributed by atoms with Gasteiger partial charge in [0.1, 0.15) is 11.8 Å². The Balaban J connectivity index is 0.00000114. The maximum absolute atomic E-state index is 13.9. The van der Waals surface area contributed by atoms with E-state index in [9.17, 15) is 9.18 Å². The lowest BCUT2D eigenvalue weighted by Crippen LogP contribution is -2.26. The van der Waals surface area contributed by atoms with Crippen LogP contribution >= 0.6 is 0 Å². The highest BCUT2D eigenvalue weighted by Crippen LogP contribution is 2.25. The molecule has 0 aliphatic rings. The zero-order valence-electron chi connectivity index (χ0n) is 16.6. The third-order valence-electron chi connectivity index (χ3n) is 3.89. The average molecular weight is 439 g/mol. The van der Waals surface area contributed by atoms with Gasteiger partial charge >= 0.3 is 5.97 Å². The predicted molar refractivity (Wildman–Crippen MR) is 109 cm³/mol. The average Bonchev–Trinajstić information content (AvgIpc) is 2.76. The summed E-state index contributed by atoms with van der Waals surface area (Å²) in [5, 5.41) is 24.4. The number of nitrogens with two attached hydrogens (primary N) is 1. The predicted octanol–water partition coefficient (Wildman–Crippen LogP) is 2.39. The second-order valence-electron chi connectivity index (χ2n) is 6.31. The fraction of sp³-hybridized carbons (Fsp3) is 0.143. The normalized spacial score (nSPS) is 10.8. The summed E-state index contributed by atoms with van der Waals surface area (Å²) in [7, 11) is 0. The molecule has 2 heterocycles. The van der Waals surface area contributed by atoms with Crippen molar-refractivity contribution in [2.45, 2.75) is 18.9 Å². The standard InChI is InChI=1S/C20H16FN5O3.CH2O2/c21-17-5-12(8-22)9-25-20(17)29-16-3-1-13(2-4-16)18-11-24-10-15(26-18)6-14(23)7-19(27)28;2-1-3/h1-5,9-11,14H,6-7,23H2,(H,27,28);1H,(H,2,3). The summed E-state index contributed by atoms with van der Waals surface area (Å²) in [6.45, 7) is -0.250. The second kappa shape index (κ2) is 11.7. The first-order valence-electron chi connectivity index (χ1n) is 9.06. The number of rotatable bonds is 7. The molecular formula is C21H18FN5O5. The van der Waals surface area contributed by atoms with Crippen LogP contribution in [0.4, 0.5) is 4.39 Å². The Morgan fingerprint density at radius 2 is 1.97 bits per heavy atom. The number of hydrogen-bond donors (Lipinski definition) is 3. The molecule has 32 heavy (non-hydrogen) atoms. The number of nitriles is 1. The molecule has 2 aromatic heterocycles. The van der Waals surface area contributed by atoms with Gasteiger partial charge in [-0.05, 0) is 30.3 Å². The van der Waals surface area contributed by atoms with Gasteiger partial charge in [0.25, 0.3) is 12.4 Å². The maximum atomic E-state index is 13.9. The highest BCUT2D eigenvalue weighted by atomic mass is 19.1. The molecule has 0 aliphatic heterocycles. The Morgan fingerprint density at radius 1 is 1.28 bits per heavy atom. The van der Waals surface area contributed by atoms with E-state index < -0.39 is 17.8 Å². The summed E-state index contributed by atoms with van der Waals surface area (Å²) in [4.78, 5) is 31.5. The molecule has 0 saturated carbocycles. The number of halogens is 1. The lowest BCUT2D eigenvalue weighted by molar-refractivity contribution is -0.137. The third-order valence-corrected chi connectivity index (χ3v) is 3.89. The fourth-order valence-electron chi connectivity index (χ4n) is 2.58. The highest BCUT2D eigenvalue weighted by molar-refractivity contribution is 5.67. The lowest BCUT2D eigenvalue weighted by Gasteiger charge is -2.10. The highest BCUT2D eigenvalue weighted by Gasteiger charge is 2.12. The molecule has 1 unspecified atom stereocenters. The molecule has 10 nitrogen and oxygen atoms in total. The molecule has 11 heteroatoms. The molecule has 0 bridgehead atoms. The summed E-state index contributed by atoms with van der Waals surface area (Å²) in [5.41, 5.74) is 7.81. The molecule has 1 atom stereocenters. The van der Waals surface area contributed by atoms with Gasteiger partial charge in [-0.3, -0.25) is 14.6 Å². The van der Waals surface area contributed by atoms with Crippen LogP contribution in [-0.4, -0.2) is 43.6 Å². The molecule has 0 fully saturated rings. The van der Waals surface area contributed by atoms with Crippen LogP contribution in [-0.2, 0) is 16.0 Å². The van der Waals surface area contributed by atoms with Gasteiger partial charge in [0.2, 0.25) is 0 Å². The minimum atomic E-state index is -0.967. The van der Waals surface area contributed by atoms with Gasteiger partial charge in [-0.15, -0.1) is 0 Å². The SMILES string of the molecule is N#Cc1cnc(Oc2ccc(-c3cncc(CC(N)CC(=O)O)n3)cc2)c(F)c1.O=CO. The van der Waals surface area contributed by atoms with Crippen molar-refractivity contribution in [3.8, 4) is 29.0 Å².